The number of aliphatic hydroxyl groups excluding tert-OH is 1. The summed E-state index contributed by atoms with van der Waals surface area (Å²) in [4.78, 5) is 4.03. The number of benzene rings is 1. The van der Waals surface area contributed by atoms with E-state index in [4.69, 9.17) is 5.11 Å². The van der Waals surface area contributed by atoms with Crippen molar-refractivity contribution in [2.24, 2.45) is 0 Å². The first kappa shape index (κ1) is 18.2. The van der Waals surface area contributed by atoms with Crippen molar-refractivity contribution in [1.82, 2.24) is 10.2 Å². The van der Waals surface area contributed by atoms with Crippen molar-refractivity contribution in [2.75, 3.05) is 19.7 Å². The summed E-state index contributed by atoms with van der Waals surface area (Å²) >= 11 is 1.85. The molecule has 1 aromatic heterocycles. The van der Waals surface area contributed by atoms with Gasteiger partial charge in [-0.25, -0.2) is 0 Å². The predicted octanol–water partition coefficient (Wildman–Crippen LogP) is 3.24. The van der Waals surface area contributed by atoms with Crippen molar-refractivity contribution >= 4 is 11.3 Å². The van der Waals surface area contributed by atoms with Crippen LogP contribution in [0.1, 0.15) is 35.3 Å². The van der Waals surface area contributed by atoms with E-state index in [0.717, 1.165) is 18.7 Å². The van der Waals surface area contributed by atoms with Crippen molar-refractivity contribution in [1.29, 1.82) is 0 Å². The van der Waals surface area contributed by atoms with Crippen LogP contribution in [0.3, 0.4) is 0 Å². The van der Waals surface area contributed by atoms with Gasteiger partial charge in [-0.2, -0.15) is 0 Å². The Kier molecular flexibility index (Phi) is 7.08. The van der Waals surface area contributed by atoms with Crippen LogP contribution < -0.4 is 5.32 Å². The van der Waals surface area contributed by atoms with Crippen LogP contribution in [0.2, 0.25) is 0 Å². The summed E-state index contributed by atoms with van der Waals surface area (Å²) in [7, 11) is 0. The second kappa shape index (κ2) is 9.74. The number of likely N-dealkylation sites (tertiary alicyclic amines) is 1. The van der Waals surface area contributed by atoms with Gasteiger partial charge in [-0.1, -0.05) is 30.0 Å². The molecule has 2 heterocycles. The smallest absolute Gasteiger partial charge is 0.0540 e. The van der Waals surface area contributed by atoms with E-state index in [1.165, 1.54) is 36.4 Å². The highest BCUT2D eigenvalue weighted by atomic mass is 32.1. The summed E-state index contributed by atoms with van der Waals surface area (Å²) in [5.74, 6) is 6.02. The Balaban J connectivity index is 1.39. The number of piperidine rings is 1. The van der Waals surface area contributed by atoms with E-state index in [0.29, 0.717) is 12.5 Å². The molecule has 0 unspecified atom stereocenters. The molecule has 2 aromatic rings. The predicted molar refractivity (Wildman–Crippen MR) is 104 cm³/mol. The first-order valence-electron chi connectivity index (χ1n) is 9.00. The highest BCUT2D eigenvalue weighted by molar-refractivity contribution is 7.09. The number of rotatable bonds is 6. The normalized spacial score (nSPS) is 15.7. The Bertz CT molecular complexity index is 677. The molecule has 0 bridgehead atoms. The zero-order chi connectivity index (χ0) is 17.3. The van der Waals surface area contributed by atoms with Crippen LogP contribution in [0.25, 0.3) is 0 Å². The highest BCUT2D eigenvalue weighted by Gasteiger charge is 2.18. The maximum Gasteiger partial charge on any atom is 0.0540 e. The van der Waals surface area contributed by atoms with Gasteiger partial charge in [0.1, 0.15) is 0 Å². The van der Waals surface area contributed by atoms with Gasteiger partial charge in [0, 0.05) is 36.0 Å². The molecule has 1 aliphatic rings. The molecule has 0 amide bonds. The fourth-order valence-electron chi connectivity index (χ4n) is 3.11. The first-order chi connectivity index (χ1) is 12.3. The molecule has 0 atom stereocenters. The molecule has 1 aliphatic heterocycles. The summed E-state index contributed by atoms with van der Waals surface area (Å²) in [5.41, 5.74) is 2.31. The Morgan fingerprint density at radius 3 is 2.64 bits per heavy atom. The minimum atomic E-state index is 0.126. The number of aliphatic hydroxyl groups is 1. The summed E-state index contributed by atoms with van der Waals surface area (Å²) in [6.07, 6.45) is 2.97. The van der Waals surface area contributed by atoms with Gasteiger partial charge in [0.15, 0.2) is 0 Å². The molecule has 0 saturated carbocycles. The lowest BCUT2D eigenvalue weighted by molar-refractivity contribution is 0.191. The third-order valence-corrected chi connectivity index (χ3v) is 5.43. The van der Waals surface area contributed by atoms with Crippen molar-refractivity contribution < 1.29 is 5.11 Å². The quantitative estimate of drug-likeness (QED) is 0.782. The van der Waals surface area contributed by atoms with E-state index in [2.05, 4.69) is 63.8 Å². The molecular weight excluding hydrogens is 328 g/mol. The number of hydrogen-bond donors (Lipinski definition) is 2. The number of nitrogens with one attached hydrogen (secondary N) is 1. The molecule has 3 nitrogen and oxygen atoms in total. The topological polar surface area (TPSA) is 35.5 Å². The van der Waals surface area contributed by atoms with E-state index in [-0.39, 0.29) is 6.61 Å². The largest absolute Gasteiger partial charge is 0.395 e. The van der Waals surface area contributed by atoms with Crippen molar-refractivity contribution in [2.45, 2.75) is 38.4 Å². The summed E-state index contributed by atoms with van der Waals surface area (Å²) in [6.45, 7) is 4.49. The van der Waals surface area contributed by atoms with Crippen molar-refractivity contribution in [3.8, 4) is 11.8 Å². The van der Waals surface area contributed by atoms with Gasteiger partial charge in [-0.15, -0.1) is 11.3 Å². The van der Waals surface area contributed by atoms with Gasteiger partial charge in [0.05, 0.1) is 6.61 Å². The second-order valence-electron chi connectivity index (χ2n) is 6.48. The number of thiophene rings is 1. The molecule has 1 aromatic carbocycles. The standard InChI is InChI=1S/C21H26N2OS/c24-14-2-1-4-18-6-8-19(9-7-18)16-22-20-10-12-23(13-11-20)17-21-5-3-15-25-21/h3,5-9,15,20,22,24H,2,10-14,16-17H2. The average molecular weight is 355 g/mol. The maximum atomic E-state index is 8.75. The second-order valence-corrected chi connectivity index (χ2v) is 7.52. The van der Waals surface area contributed by atoms with Crippen LogP contribution >= 0.6 is 11.3 Å². The zero-order valence-corrected chi connectivity index (χ0v) is 15.4. The zero-order valence-electron chi connectivity index (χ0n) is 14.6. The highest BCUT2D eigenvalue weighted by Crippen LogP contribution is 2.17. The van der Waals surface area contributed by atoms with Gasteiger partial charge in [0.2, 0.25) is 0 Å². The van der Waals surface area contributed by atoms with Crippen LogP contribution in [-0.4, -0.2) is 35.7 Å². The molecule has 0 spiro atoms. The van der Waals surface area contributed by atoms with Crippen LogP contribution in [0.15, 0.2) is 41.8 Å². The minimum absolute atomic E-state index is 0.126. The van der Waals surface area contributed by atoms with E-state index < -0.39 is 0 Å². The van der Waals surface area contributed by atoms with E-state index in [1.54, 1.807) is 0 Å². The summed E-state index contributed by atoms with van der Waals surface area (Å²) < 4.78 is 0. The molecule has 3 rings (SSSR count). The lowest BCUT2D eigenvalue weighted by Gasteiger charge is -2.32. The Morgan fingerprint density at radius 2 is 1.96 bits per heavy atom. The monoisotopic (exact) mass is 354 g/mol. The third kappa shape index (κ3) is 5.98. The lowest BCUT2D eigenvalue weighted by atomic mass is 10.0. The molecule has 1 fully saturated rings. The molecule has 1 saturated heterocycles. The van der Waals surface area contributed by atoms with Crippen LogP contribution in [0.5, 0.6) is 0 Å². The van der Waals surface area contributed by atoms with Crippen LogP contribution in [-0.2, 0) is 13.1 Å². The van der Waals surface area contributed by atoms with E-state index in [9.17, 15) is 0 Å². The molecule has 132 valence electrons. The molecule has 25 heavy (non-hydrogen) atoms. The molecular formula is C21H26N2OS. The van der Waals surface area contributed by atoms with Crippen LogP contribution in [0, 0.1) is 11.8 Å². The van der Waals surface area contributed by atoms with E-state index in [1.807, 2.05) is 11.3 Å². The minimum Gasteiger partial charge on any atom is -0.395 e. The lowest BCUT2D eigenvalue weighted by Crippen LogP contribution is -2.41. The Labute approximate surface area is 154 Å². The van der Waals surface area contributed by atoms with Crippen molar-refractivity contribution in [3.63, 3.8) is 0 Å². The van der Waals surface area contributed by atoms with Gasteiger partial charge >= 0.3 is 0 Å². The van der Waals surface area contributed by atoms with Gasteiger partial charge in [-0.3, -0.25) is 4.90 Å². The number of nitrogens with zero attached hydrogens (tertiary/aromatic N) is 1. The fourth-order valence-corrected chi connectivity index (χ4v) is 3.85. The van der Waals surface area contributed by atoms with E-state index >= 15 is 0 Å². The molecule has 0 aliphatic carbocycles. The molecule has 4 heteroatoms. The third-order valence-electron chi connectivity index (χ3n) is 4.57. The first-order valence-corrected chi connectivity index (χ1v) is 9.88. The summed E-state index contributed by atoms with van der Waals surface area (Å²) in [6, 6.07) is 13.4. The maximum absolute atomic E-state index is 8.75. The molecule has 0 radical (unpaired) electrons. The SMILES string of the molecule is OCCC#Cc1ccc(CNC2CCN(Cc3cccs3)CC2)cc1. The fraction of sp³-hybridized carbons (Fsp3) is 0.429. The summed E-state index contributed by atoms with van der Waals surface area (Å²) in [5, 5.41) is 14.6. The molecule has 2 N–H and O–H groups in total. The Morgan fingerprint density at radius 1 is 1.16 bits per heavy atom. The van der Waals surface area contributed by atoms with Gasteiger partial charge in [-0.05, 0) is 55.1 Å². The number of hydrogen-bond acceptors (Lipinski definition) is 4. The van der Waals surface area contributed by atoms with Crippen molar-refractivity contribution in [3.05, 3.63) is 57.8 Å². The average Bonchev–Trinajstić information content (AvgIpc) is 3.15. The van der Waals surface area contributed by atoms with Gasteiger partial charge in [0.25, 0.3) is 0 Å². The van der Waals surface area contributed by atoms with Crippen LogP contribution in [0.4, 0.5) is 0 Å². The Hall–Kier alpha value is -1.64. The van der Waals surface area contributed by atoms with Gasteiger partial charge < -0.3 is 10.4 Å².